The van der Waals surface area contributed by atoms with Crippen molar-refractivity contribution in [3.05, 3.63) is 64.4 Å². The van der Waals surface area contributed by atoms with E-state index in [1.807, 2.05) is 36.4 Å². The first-order valence-corrected chi connectivity index (χ1v) is 9.69. The van der Waals surface area contributed by atoms with E-state index in [9.17, 15) is 4.79 Å². The Bertz CT molecular complexity index is 1150. The van der Waals surface area contributed by atoms with Crippen LogP contribution in [0.3, 0.4) is 0 Å². The summed E-state index contributed by atoms with van der Waals surface area (Å²) in [5.74, 6) is 0.110. The van der Waals surface area contributed by atoms with Crippen molar-refractivity contribution in [1.29, 1.82) is 0 Å². The minimum atomic E-state index is -0.319. The monoisotopic (exact) mass is 397 g/mol. The van der Waals surface area contributed by atoms with E-state index < -0.39 is 0 Å². The summed E-state index contributed by atoms with van der Waals surface area (Å²) in [6.45, 7) is 3.79. The lowest BCUT2D eigenvalue weighted by atomic mass is 10.1. The van der Waals surface area contributed by atoms with Gasteiger partial charge in [-0.1, -0.05) is 65.3 Å². The van der Waals surface area contributed by atoms with Crippen LogP contribution in [0.25, 0.3) is 21.5 Å². The molecule has 0 spiro atoms. The summed E-state index contributed by atoms with van der Waals surface area (Å²) in [6, 6.07) is 13.3. The highest BCUT2D eigenvalue weighted by Gasteiger charge is 2.24. The second-order valence-corrected chi connectivity index (χ2v) is 7.47. The number of carbonyl (C=O) groups is 1. The smallest absolute Gasteiger partial charge is 0.263 e. The molecule has 0 aliphatic rings. The number of benzene rings is 2. The molecule has 0 saturated heterocycles. The molecule has 1 amide bonds. The second-order valence-electron chi connectivity index (χ2n) is 6.03. The minimum Gasteiger partial charge on any atom is -0.360 e. The zero-order valence-corrected chi connectivity index (χ0v) is 16.3. The Morgan fingerprint density at radius 1 is 1.22 bits per heavy atom. The van der Waals surface area contributed by atoms with Crippen LogP contribution < -0.4 is 5.32 Å². The fraction of sp³-hybridized carbons (Fsp3) is 0.150. The van der Waals surface area contributed by atoms with Crippen molar-refractivity contribution in [2.24, 2.45) is 0 Å². The average Bonchev–Trinajstić information content (AvgIpc) is 3.24. The lowest BCUT2D eigenvalue weighted by Crippen LogP contribution is -2.13. The number of aryl methyl sites for hydroxylation is 2. The van der Waals surface area contributed by atoms with Crippen LogP contribution in [0.1, 0.15) is 28.6 Å². The maximum atomic E-state index is 12.9. The van der Waals surface area contributed by atoms with Gasteiger partial charge in [0.1, 0.15) is 17.0 Å². The van der Waals surface area contributed by atoms with Crippen molar-refractivity contribution in [3.8, 4) is 11.3 Å². The molecule has 0 radical (unpaired) electrons. The van der Waals surface area contributed by atoms with Gasteiger partial charge in [-0.3, -0.25) is 10.1 Å². The number of carbonyl (C=O) groups excluding carboxylic acids is 1. The number of hydrogen-bond acceptors (Lipinski definition) is 5. The van der Waals surface area contributed by atoms with Crippen LogP contribution in [0.4, 0.5) is 5.13 Å². The Kier molecular flexibility index (Phi) is 4.68. The highest BCUT2D eigenvalue weighted by atomic mass is 35.5. The number of rotatable bonds is 4. The zero-order valence-electron chi connectivity index (χ0n) is 14.7. The highest BCUT2D eigenvalue weighted by Crippen LogP contribution is 2.33. The third-order valence-corrected chi connectivity index (χ3v) is 5.59. The van der Waals surface area contributed by atoms with Gasteiger partial charge in [0.15, 0.2) is 5.13 Å². The van der Waals surface area contributed by atoms with Crippen LogP contribution in [0.15, 0.2) is 47.0 Å². The number of anilines is 1. The molecule has 0 fully saturated rings. The third kappa shape index (κ3) is 3.22. The number of nitrogens with zero attached hydrogens (tertiary/aromatic N) is 2. The van der Waals surface area contributed by atoms with Gasteiger partial charge in [0, 0.05) is 5.56 Å². The number of halogens is 1. The first kappa shape index (κ1) is 17.7. The molecule has 0 bridgehead atoms. The number of fused-ring (bicyclic) bond motifs is 1. The summed E-state index contributed by atoms with van der Waals surface area (Å²) in [6.07, 6.45) is 0.885. The van der Waals surface area contributed by atoms with Crippen LogP contribution in [-0.4, -0.2) is 16.0 Å². The van der Waals surface area contributed by atoms with Gasteiger partial charge >= 0.3 is 0 Å². The molecule has 1 N–H and O–H groups in total. The van der Waals surface area contributed by atoms with Gasteiger partial charge in [0.2, 0.25) is 0 Å². The van der Waals surface area contributed by atoms with Crippen molar-refractivity contribution < 1.29 is 9.32 Å². The van der Waals surface area contributed by atoms with E-state index in [-0.39, 0.29) is 5.91 Å². The molecular formula is C20H16ClN3O2S. The largest absolute Gasteiger partial charge is 0.360 e. The van der Waals surface area contributed by atoms with Crippen LogP contribution in [0.2, 0.25) is 5.02 Å². The van der Waals surface area contributed by atoms with Crippen LogP contribution in [-0.2, 0) is 6.42 Å². The van der Waals surface area contributed by atoms with Gasteiger partial charge in [0.05, 0.1) is 15.2 Å². The molecule has 2 aromatic heterocycles. The van der Waals surface area contributed by atoms with Gasteiger partial charge in [-0.15, -0.1) is 0 Å². The fourth-order valence-electron chi connectivity index (χ4n) is 2.98. The first-order chi connectivity index (χ1) is 13.1. The third-order valence-electron chi connectivity index (χ3n) is 4.32. The fourth-order valence-corrected chi connectivity index (χ4v) is 4.11. The van der Waals surface area contributed by atoms with Crippen LogP contribution in [0.5, 0.6) is 0 Å². The van der Waals surface area contributed by atoms with Gasteiger partial charge in [-0.2, -0.15) is 0 Å². The molecule has 4 rings (SSSR count). The standard InChI is InChI=1S/C20H16ClN3O2S/c1-3-12-7-6-10-15-17(12)22-20(27-15)23-19(25)16-11(2)26-24-18(16)13-8-4-5-9-14(13)21/h4-10H,3H2,1-2H3,(H,22,23,25). The van der Waals surface area contributed by atoms with E-state index in [1.54, 1.807) is 13.0 Å². The predicted octanol–water partition coefficient (Wildman–Crippen LogP) is 5.73. The molecule has 5 nitrogen and oxygen atoms in total. The first-order valence-electron chi connectivity index (χ1n) is 8.49. The lowest BCUT2D eigenvalue weighted by Gasteiger charge is -2.04. The molecule has 0 aliphatic carbocycles. The van der Waals surface area contributed by atoms with Crippen molar-refractivity contribution in [3.63, 3.8) is 0 Å². The number of nitrogens with one attached hydrogen (secondary N) is 1. The van der Waals surface area contributed by atoms with Gasteiger partial charge in [-0.25, -0.2) is 4.98 Å². The zero-order chi connectivity index (χ0) is 19.0. The molecule has 27 heavy (non-hydrogen) atoms. The topological polar surface area (TPSA) is 68.0 Å². The van der Waals surface area contributed by atoms with Crippen molar-refractivity contribution >= 4 is 44.2 Å². The van der Waals surface area contributed by atoms with Crippen molar-refractivity contribution in [1.82, 2.24) is 10.1 Å². The predicted molar refractivity (Wildman–Crippen MR) is 109 cm³/mol. The van der Waals surface area contributed by atoms with Gasteiger partial charge in [-0.05, 0) is 31.0 Å². The molecule has 0 unspecified atom stereocenters. The van der Waals surface area contributed by atoms with E-state index in [1.165, 1.54) is 11.3 Å². The molecule has 2 aromatic carbocycles. The Hall–Kier alpha value is -2.70. The molecule has 2 heterocycles. The maximum Gasteiger partial charge on any atom is 0.263 e. The van der Waals surface area contributed by atoms with Gasteiger partial charge < -0.3 is 4.52 Å². The second kappa shape index (κ2) is 7.13. The Balaban J connectivity index is 1.71. The lowest BCUT2D eigenvalue weighted by molar-refractivity contribution is 0.102. The molecule has 0 aliphatic heterocycles. The summed E-state index contributed by atoms with van der Waals surface area (Å²) < 4.78 is 6.31. The summed E-state index contributed by atoms with van der Waals surface area (Å²) in [5.41, 5.74) is 3.51. The average molecular weight is 398 g/mol. The summed E-state index contributed by atoms with van der Waals surface area (Å²) in [4.78, 5) is 17.5. The van der Waals surface area contributed by atoms with E-state index in [2.05, 4.69) is 22.4 Å². The van der Waals surface area contributed by atoms with Crippen LogP contribution in [0, 0.1) is 6.92 Å². The number of amides is 1. The number of para-hydroxylation sites is 1. The Labute approximate surface area is 165 Å². The van der Waals surface area contributed by atoms with E-state index >= 15 is 0 Å². The number of thiazole rings is 1. The quantitative estimate of drug-likeness (QED) is 0.477. The molecule has 0 saturated carbocycles. The normalized spacial score (nSPS) is 11.1. The molecule has 0 atom stereocenters. The SMILES string of the molecule is CCc1cccc2sc(NC(=O)c3c(-c4ccccc4Cl)noc3C)nc12. The number of hydrogen-bond donors (Lipinski definition) is 1. The van der Waals surface area contributed by atoms with Gasteiger partial charge in [0.25, 0.3) is 5.91 Å². The molecule has 136 valence electrons. The summed E-state index contributed by atoms with van der Waals surface area (Å²) >= 11 is 7.71. The summed E-state index contributed by atoms with van der Waals surface area (Å²) in [7, 11) is 0. The van der Waals surface area contributed by atoms with E-state index in [0.717, 1.165) is 22.2 Å². The van der Waals surface area contributed by atoms with E-state index in [4.69, 9.17) is 16.1 Å². The van der Waals surface area contributed by atoms with E-state index in [0.29, 0.717) is 32.7 Å². The van der Waals surface area contributed by atoms with Crippen molar-refractivity contribution in [2.75, 3.05) is 5.32 Å². The van der Waals surface area contributed by atoms with Crippen molar-refractivity contribution in [2.45, 2.75) is 20.3 Å². The maximum absolute atomic E-state index is 12.9. The Morgan fingerprint density at radius 3 is 2.81 bits per heavy atom. The highest BCUT2D eigenvalue weighted by molar-refractivity contribution is 7.22. The molecule has 4 aromatic rings. The van der Waals surface area contributed by atoms with Crippen LogP contribution >= 0.6 is 22.9 Å². The molecule has 7 heteroatoms. The summed E-state index contributed by atoms with van der Waals surface area (Å²) in [5, 5.41) is 7.97. The number of aromatic nitrogens is 2. The Morgan fingerprint density at radius 2 is 2.04 bits per heavy atom. The minimum absolute atomic E-state index is 0.319. The molecular weight excluding hydrogens is 382 g/mol.